The number of benzene rings is 2. The first-order chi connectivity index (χ1) is 15.1. The lowest BCUT2D eigenvalue weighted by Gasteiger charge is -2.25. The number of aromatic nitrogens is 1. The Morgan fingerprint density at radius 2 is 1.81 bits per heavy atom. The van der Waals surface area contributed by atoms with E-state index in [1.165, 1.54) is 18.4 Å². The molecule has 0 aliphatic carbocycles. The van der Waals surface area contributed by atoms with Crippen molar-refractivity contribution in [3.8, 4) is 5.75 Å². The SMILES string of the molecule is COc1ccc([C@@H](CNC(=O)Cc2c(C)nc3ccccc3c2C)[NH+]2CCCC2)cc1. The smallest absolute Gasteiger partial charge is 0.224 e. The monoisotopic (exact) mass is 418 g/mol. The Morgan fingerprint density at radius 3 is 2.52 bits per heavy atom. The van der Waals surface area contributed by atoms with Crippen LogP contribution in [0.3, 0.4) is 0 Å². The molecule has 1 aliphatic heterocycles. The van der Waals surface area contributed by atoms with E-state index in [1.54, 1.807) is 12.0 Å². The largest absolute Gasteiger partial charge is 0.497 e. The molecule has 3 aromatic rings. The maximum atomic E-state index is 12.9. The molecule has 2 N–H and O–H groups in total. The molecule has 1 amide bonds. The van der Waals surface area contributed by atoms with E-state index in [4.69, 9.17) is 9.72 Å². The van der Waals surface area contributed by atoms with E-state index in [-0.39, 0.29) is 11.9 Å². The quantitative estimate of drug-likeness (QED) is 0.620. The number of nitrogens with zero attached hydrogens (tertiary/aromatic N) is 1. The van der Waals surface area contributed by atoms with Gasteiger partial charge in [-0.3, -0.25) is 9.78 Å². The lowest BCUT2D eigenvalue weighted by molar-refractivity contribution is -0.918. The second kappa shape index (κ2) is 9.48. The number of pyridine rings is 1. The number of para-hydroxylation sites is 1. The average Bonchev–Trinajstić information content (AvgIpc) is 3.32. The van der Waals surface area contributed by atoms with Gasteiger partial charge in [0, 0.05) is 29.5 Å². The topological polar surface area (TPSA) is 55.7 Å². The van der Waals surface area contributed by atoms with Crippen LogP contribution in [0, 0.1) is 13.8 Å². The first-order valence-electron chi connectivity index (χ1n) is 11.2. The molecule has 0 unspecified atom stereocenters. The Bertz CT molecular complexity index is 1060. The van der Waals surface area contributed by atoms with Crippen molar-refractivity contribution in [1.29, 1.82) is 0 Å². The summed E-state index contributed by atoms with van der Waals surface area (Å²) < 4.78 is 5.31. The van der Waals surface area contributed by atoms with Crippen LogP contribution in [0.2, 0.25) is 0 Å². The van der Waals surface area contributed by atoms with Crippen LogP contribution in [0.15, 0.2) is 48.5 Å². The molecule has 1 saturated heterocycles. The first-order valence-corrected chi connectivity index (χ1v) is 11.2. The summed E-state index contributed by atoms with van der Waals surface area (Å²) in [5.74, 6) is 0.915. The molecule has 1 aliphatic rings. The first kappa shape index (κ1) is 21.3. The molecule has 31 heavy (non-hydrogen) atoms. The van der Waals surface area contributed by atoms with Gasteiger partial charge in [-0.05, 0) is 55.3 Å². The molecule has 1 atom stereocenters. The van der Waals surface area contributed by atoms with Crippen molar-refractivity contribution >= 4 is 16.8 Å². The molecule has 2 aromatic carbocycles. The summed E-state index contributed by atoms with van der Waals surface area (Å²) >= 11 is 0. The van der Waals surface area contributed by atoms with Crippen molar-refractivity contribution in [2.75, 3.05) is 26.7 Å². The van der Waals surface area contributed by atoms with Gasteiger partial charge in [0.15, 0.2) is 0 Å². The number of carbonyl (C=O) groups is 1. The van der Waals surface area contributed by atoms with Crippen LogP contribution >= 0.6 is 0 Å². The third-order valence-corrected chi connectivity index (χ3v) is 6.58. The van der Waals surface area contributed by atoms with E-state index in [0.29, 0.717) is 13.0 Å². The highest BCUT2D eigenvalue weighted by atomic mass is 16.5. The molecule has 1 aromatic heterocycles. The van der Waals surface area contributed by atoms with Crippen molar-refractivity contribution in [1.82, 2.24) is 10.3 Å². The van der Waals surface area contributed by atoms with Crippen LogP contribution in [0.5, 0.6) is 5.75 Å². The van der Waals surface area contributed by atoms with Crippen LogP contribution in [0.1, 0.15) is 41.3 Å². The number of nitrogens with one attached hydrogen (secondary N) is 2. The fourth-order valence-corrected chi connectivity index (χ4v) is 4.78. The maximum absolute atomic E-state index is 12.9. The third-order valence-electron chi connectivity index (χ3n) is 6.58. The number of aryl methyl sites for hydroxylation is 2. The Hall–Kier alpha value is -2.92. The Labute approximate surface area is 184 Å². The number of carbonyl (C=O) groups excluding carboxylic acids is 1. The van der Waals surface area contributed by atoms with Crippen LogP contribution in [-0.2, 0) is 11.2 Å². The van der Waals surface area contributed by atoms with Crippen molar-refractivity contribution in [2.45, 2.75) is 39.2 Å². The maximum Gasteiger partial charge on any atom is 0.224 e. The number of likely N-dealkylation sites (tertiary alicyclic amines) is 1. The molecule has 5 nitrogen and oxygen atoms in total. The molecule has 0 spiro atoms. The van der Waals surface area contributed by atoms with Crippen molar-refractivity contribution in [2.24, 2.45) is 0 Å². The number of fused-ring (bicyclic) bond motifs is 1. The summed E-state index contributed by atoms with van der Waals surface area (Å²) in [7, 11) is 1.68. The standard InChI is InChI=1S/C26H31N3O2/c1-18-22-8-4-5-9-24(22)28-19(2)23(18)16-26(30)27-17-25(29-14-6-7-15-29)20-10-12-21(31-3)13-11-20/h4-5,8-13,25H,6-7,14-17H2,1-3H3,(H,27,30)/p+1/t25-/m1/s1. The van der Waals surface area contributed by atoms with Crippen LogP contribution in [0.4, 0.5) is 0 Å². The fourth-order valence-electron chi connectivity index (χ4n) is 4.78. The summed E-state index contributed by atoms with van der Waals surface area (Å²) in [4.78, 5) is 19.2. The van der Waals surface area contributed by atoms with Gasteiger partial charge < -0.3 is 15.0 Å². The van der Waals surface area contributed by atoms with Gasteiger partial charge in [0.1, 0.15) is 11.8 Å². The molecule has 0 saturated carbocycles. The van der Waals surface area contributed by atoms with Crippen LogP contribution in [-0.4, -0.2) is 37.6 Å². The number of rotatable bonds is 7. The lowest BCUT2D eigenvalue weighted by atomic mass is 9.99. The number of ether oxygens (including phenoxy) is 1. The van der Waals surface area contributed by atoms with Gasteiger partial charge in [-0.25, -0.2) is 0 Å². The zero-order chi connectivity index (χ0) is 21.8. The molecular formula is C26H32N3O2+. The minimum absolute atomic E-state index is 0.0559. The summed E-state index contributed by atoms with van der Waals surface area (Å²) in [6.45, 7) is 7.03. The molecule has 0 radical (unpaired) electrons. The Morgan fingerprint density at radius 1 is 1.10 bits per heavy atom. The number of hydrogen-bond donors (Lipinski definition) is 2. The fraction of sp³-hybridized carbons (Fsp3) is 0.385. The highest BCUT2D eigenvalue weighted by Gasteiger charge is 2.28. The van der Waals surface area contributed by atoms with Gasteiger partial charge in [0.25, 0.3) is 0 Å². The highest BCUT2D eigenvalue weighted by molar-refractivity contribution is 5.86. The molecule has 5 heteroatoms. The third kappa shape index (κ3) is 4.72. The van der Waals surface area contributed by atoms with Crippen LogP contribution < -0.4 is 15.0 Å². The van der Waals surface area contributed by atoms with Gasteiger partial charge in [0.05, 0.1) is 38.7 Å². The summed E-state index contributed by atoms with van der Waals surface area (Å²) in [6.07, 6.45) is 2.86. The number of methoxy groups -OCH3 is 1. The van der Waals surface area contributed by atoms with Gasteiger partial charge in [0.2, 0.25) is 5.91 Å². The van der Waals surface area contributed by atoms with E-state index in [2.05, 4.69) is 30.4 Å². The van der Waals surface area contributed by atoms with Gasteiger partial charge in [-0.15, -0.1) is 0 Å². The Kier molecular flexibility index (Phi) is 6.52. The van der Waals surface area contributed by atoms with Crippen molar-refractivity contribution < 1.29 is 14.4 Å². The summed E-state index contributed by atoms with van der Waals surface area (Å²) in [6, 6.07) is 16.7. The van der Waals surface area contributed by atoms with E-state index in [0.717, 1.165) is 46.6 Å². The summed E-state index contributed by atoms with van der Waals surface area (Å²) in [5, 5.41) is 4.34. The lowest BCUT2D eigenvalue weighted by Crippen LogP contribution is -3.11. The minimum Gasteiger partial charge on any atom is -0.497 e. The van der Waals surface area contributed by atoms with Crippen LogP contribution in [0.25, 0.3) is 10.9 Å². The van der Waals surface area contributed by atoms with Crippen molar-refractivity contribution in [3.63, 3.8) is 0 Å². The van der Waals surface area contributed by atoms with E-state index >= 15 is 0 Å². The predicted octanol–water partition coefficient (Wildman–Crippen LogP) is 2.94. The zero-order valence-corrected chi connectivity index (χ0v) is 18.7. The number of hydrogen-bond acceptors (Lipinski definition) is 3. The number of amides is 1. The predicted molar refractivity (Wildman–Crippen MR) is 124 cm³/mol. The second-order valence-corrected chi connectivity index (χ2v) is 8.49. The van der Waals surface area contributed by atoms with Gasteiger partial charge in [-0.1, -0.05) is 18.2 Å². The zero-order valence-electron chi connectivity index (χ0n) is 18.7. The van der Waals surface area contributed by atoms with Crippen molar-refractivity contribution in [3.05, 3.63) is 70.9 Å². The van der Waals surface area contributed by atoms with E-state index in [9.17, 15) is 4.79 Å². The average molecular weight is 419 g/mol. The minimum atomic E-state index is 0.0559. The van der Waals surface area contributed by atoms with Gasteiger partial charge >= 0.3 is 0 Å². The summed E-state index contributed by atoms with van der Waals surface area (Å²) in [5.41, 5.74) is 5.35. The molecule has 1 fully saturated rings. The molecule has 4 rings (SSSR count). The van der Waals surface area contributed by atoms with E-state index < -0.39 is 0 Å². The molecule has 2 heterocycles. The molecule has 0 bridgehead atoms. The number of quaternary nitrogens is 1. The van der Waals surface area contributed by atoms with E-state index in [1.807, 2.05) is 37.3 Å². The normalized spacial score (nSPS) is 15.2. The highest BCUT2D eigenvalue weighted by Crippen LogP contribution is 2.23. The second-order valence-electron chi connectivity index (χ2n) is 8.49. The molecule has 162 valence electrons. The Balaban J connectivity index is 1.48. The van der Waals surface area contributed by atoms with Gasteiger partial charge in [-0.2, -0.15) is 0 Å². The molecular weight excluding hydrogens is 386 g/mol.